The summed E-state index contributed by atoms with van der Waals surface area (Å²) in [5, 5.41) is 2.56. The molecule has 1 aromatic carbocycles. The number of amides is 2. The summed E-state index contributed by atoms with van der Waals surface area (Å²) in [4.78, 5) is 38.7. The van der Waals surface area contributed by atoms with Crippen LogP contribution in [0.4, 0.5) is 4.39 Å². The second kappa shape index (κ2) is 10.0. The van der Waals surface area contributed by atoms with E-state index < -0.39 is 51.2 Å². The third-order valence-corrected chi connectivity index (χ3v) is 5.61. The minimum atomic E-state index is -3.43. The fourth-order valence-electron chi connectivity index (χ4n) is 3.28. The first kappa shape index (κ1) is 23.8. The van der Waals surface area contributed by atoms with Crippen molar-refractivity contribution in [1.29, 1.82) is 0 Å². The number of hydrogen-bond donors (Lipinski definition) is 1. The normalized spacial score (nSPS) is 18.9. The van der Waals surface area contributed by atoms with Crippen molar-refractivity contribution in [1.82, 2.24) is 10.2 Å². The molecule has 0 bridgehead atoms. The van der Waals surface area contributed by atoms with Crippen molar-refractivity contribution in [2.24, 2.45) is 5.92 Å². The summed E-state index contributed by atoms with van der Waals surface area (Å²) < 4.78 is 41.4. The number of piperidine rings is 1. The Bertz CT molecular complexity index is 904. The number of nitrogens with zero attached hydrogens (tertiary/aromatic N) is 1. The van der Waals surface area contributed by atoms with Gasteiger partial charge in [0.1, 0.15) is 23.4 Å². The molecule has 1 saturated heterocycles. The van der Waals surface area contributed by atoms with Crippen molar-refractivity contribution in [3.05, 3.63) is 30.1 Å². The number of nitrogens with one attached hydrogen (secondary N) is 1. The molecule has 0 radical (unpaired) electrons. The molecule has 1 fully saturated rings. The number of ether oxygens (including phenoxy) is 1. The fraction of sp³-hybridized carbons (Fsp3) is 0.550. The Kier molecular flexibility index (Phi) is 7.94. The van der Waals surface area contributed by atoms with Gasteiger partial charge in [-0.3, -0.25) is 14.4 Å². The number of ketones is 1. The molecule has 2 amide bonds. The van der Waals surface area contributed by atoms with E-state index in [2.05, 4.69) is 5.32 Å². The maximum Gasteiger partial charge on any atom is 0.261 e. The van der Waals surface area contributed by atoms with Gasteiger partial charge in [-0.15, -0.1) is 0 Å². The summed E-state index contributed by atoms with van der Waals surface area (Å²) in [6.07, 6.45) is 1.15. The molecule has 1 heterocycles. The summed E-state index contributed by atoms with van der Waals surface area (Å²) in [5.74, 6) is -2.67. The Hall–Kier alpha value is -2.49. The highest BCUT2D eigenvalue weighted by Gasteiger charge is 2.32. The van der Waals surface area contributed by atoms with E-state index in [1.54, 1.807) is 0 Å². The highest BCUT2D eigenvalue weighted by molar-refractivity contribution is 7.91. The molecule has 166 valence electrons. The number of carbonyl (C=O) groups excluding carboxylic acids is 3. The molecule has 0 aliphatic carbocycles. The third-order valence-electron chi connectivity index (χ3n) is 4.80. The molecule has 1 aromatic rings. The van der Waals surface area contributed by atoms with Gasteiger partial charge in [-0.05, 0) is 38.8 Å². The third kappa shape index (κ3) is 7.08. The number of likely N-dealkylation sites (tertiary alicyclic amines) is 1. The van der Waals surface area contributed by atoms with E-state index >= 15 is 0 Å². The maximum atomic E-state index is 13.2. The van der Waals surface area contributed by atoms with E-state index in [-0.39, 0.29) is 18.2 Å². The summed E-state index contributed by atoms with van der Waals surface area (Å²) in [7, 11) is -3.43. The van der Waals surface area contributed by atoms with Crippen molar-refractivity contribution in [2.75, 3.05) is 25.1 Å². The number of rotatable bonds is 8. The van der Waals surface area contributed by atoms with Crippen LogP contribution >= 0.6 is 0 Å². The minimum Gasteiger partial charge on any atom is -0.481 e. The molecule has 3 atom stereocenters. The molecule has 0 aromatic heterocycles. The zero-order valence-corrected chi connectivity index (χ0v) is 18.1. The van der Waals surface area contributed by atoms with Crippen molar-refractivity contribution < 1.29 is 31.9 Å². The lowest BCUT2D eigenvalue weighted by atomic mass is 9.94. The SMILES string of the molecule is CC(Oc1cccc(F)c1)C(=O)N[C@H](C)C(=O)N1CCCC(C(=O)CS(C)(=O)=O)C1. The van der Waals surface area contributed by atoms with E-state index in [0.717, 1.165) is 12.3 Å². The minimum absolute atomic E-state index is 0.128. The van der Waals surface area contributed by atoms with Crippen molar-refractivity contribution in [3.63, 3.8) is 0 Å². The van der Waals surface area contributed by atoms with Crippen molar-refractivity contribution >= 4 is 27.4 Å². The molecule has 10 heteroatoms. The Balaban J connectivity index is 1.91. The lowest BCUT2D eigenvalue weighted by Gasteiger charge is -2.34. The van der Waals surface area contributed by atoms with Crippen molar-refractivity contribution in [2.45, 2.75) is 38.8 Å². The van der Waals surface area contributed by atoms with Crippen LogP contribution in [0, 0.1) is 11.7 Å². The lowest BCUT2D eigenvalue weighted by molar-refractivity contribution is -0.140. The molecule has 30 heavy (non-hydrogen) atoms. The van der Waals surface area contributed by atoms with Gasteiger partial charge in [-0.1, -0.05) is 6.07 Å². The van der Waals surface area contributed by atoms with Crippen LogP contribution in [0.3, 0.4) is 0 Å². The van der Waals surface area contributed by atoms with Crippen LogP contribution in [0.25, 0.3) is 0 Å². The van der Waals surface area contributed by atoms with Gasteiger partial charge in [0.2, 0.25) is 5.91 Å². The molecule has 0 spiro atoms. The fourth-order valence-corrected chi connectivity index (χ4v) is 4.03. The van der Waals surface area contributed by atoms with E-state index in [4.69, 9.17) is 4.74 Å². The quantitative estimate of drug-likeness (QED) is 0.642. The van der Waals surface area contributed by atoms with Crippen LogP contribution in [0.5, 0.6) is 5.75 Å². The number of halogens is 1. The lowest BCUT2D eigenvalue weighted by Crippen LogP contribution is -2.53. The summed E-state index contributed by atoms with van der Waals surface area (Å²) in [6, 6.07) is 4.52. The average Bonchev–Trinajstić information content (AvgIpc) is 2.66. The van der Waals surface area contributed by atoms with E-state index in [1.165, 1.54) is 36.9 Å². The molecular formula is C20H27FN2O6S. The zero-order chi connectivity index (χ0) is 22.5. The molecule has 1 N–H and O–H groups in total. The highest BCUT2D eigenvalue weighted by atomic mass is 32.2. The molecule has 1 aliphatic heterocycles. The number of hydrogen-bond acceptors (Lipinski definition) is 6. The molecule has 1 aliphatic rings. The number of carbonyl (C=O) groups is 3. The number of Topliss-reactive ketones (excluding diaryl/α,β-unsaturated/α-hetero) is 1. The molecule has 2 unspecified atom stereocenters. The number of benzene rings is 1. The van der Waals surface area contributed by atoms with Crippen LogP contribution in [-0.4, -0.2) is 68.2 Å². The molecule has 8 nitrogen and oxygen atoms in total. The number of sulfone groups is 1. The average molecular weight is 443 g/mol. The Morgan fingerprint density at radius 1 is 1.30 bits per heavy atom. The van der Waals surface area contributed by atoms with Crippen LogP contribution < -0.4 is 10.1 Å². The topological polar surface area (TPSA) is 110 Å². The molecule has 0 saturated carbocycles. The standard InChI is InChI=1S/C20H27FN2O6S/c1-13(22-19(25)14(2)29-17-8-4-7-16(21)10-17)20(26)23-9-5-6-15(11-23)18(24)12-30(3,27)28/h4,7-8,10,13-15H,5-6,9,11-12H2,1-3H3,(H,22,25)/t13-,14?,15?/m1/s1. The van der Waals surface area contributed by atoms with Gasteiger partial charge in [0.25, 0.3) is 5.91 Å². The van der Waals surface area contributed by atoms with Gasteiger partial charge in [-0.25, -0.2) is 12.8 Å². The van der Waals surface area contributed by atoms with Gasteiger partial charge in [0.15, 0.2) is 21.7 Å². The Labute approximate surface area is 175 Å². The largest absolute Gasteiger partial charge is 0.481 e. The smallest absolute Gasteiger partial charge is 0.261 e. The molecular weight excluding hydrogens is 415 g/mol. The van der Waals surface area contributed by atoms with Crippen LogP contribution in [0.1, 0.15) is 26.7 Å². The van der Waals surface area contributed by atoms with E-state index in [1.807, 2.05) is 0 Å². The van der Waals surface area contributed by atoms with Crippen LogP contribution in [0.2, 0.25) is 0 Å². The van der Waals surface area contributed by atoms with Crippen LogP contribution in [-0.2, 0) is 24.2 Å². The predicted octanol–water partition coefficient (Wildman–Crippen LogP) is 0.950. The van der Waals surface area contributed by atoms with Gasteiger partial charge in [-0.2, -0.15) is 0 Å². The van der Waals surface area contributed by atoms with Gasteiger partial charge in [0, 0.05) is 31.3 Å². The first-order chi connectivity index (χ1) is 14.0. The summed E-state index contributed by atoms with van der Waals surface area (Å²) in [6.45, 7) is 3.56. The monoisotopic (exact) mass is 442 g/mol. The second-order valence-corrected chi connectivity index (χ2v) is 9.75. The summed E-state index contributed by atoms with van der Waals surface area (Å²) in [5.41, 5.74) is 0. The van der Waals surface area contributed by atoms with Crippen LogP contribution in [0.15, 0.2) is 24.3 Å². The predicted molar refractivity (Wildman–Crippen MR) is 108 cm³/mol. The summed E-state index contributed by atoms with van der Waals surface area (Å²) >= 11 is 0. The Morgan fingerprint density at radius 2 is 2.00 bits per heavy atom. The van der Waals surface area contributed by atoms with E-state index in [0.29, 0.717) is 19.4 Å². The van der Waals surface area contributed by atoms with Gasteiger partial charge < -0.3 is 15.0 Å². The van der Waals surface area contributed by atoms with Gasteiger partial charge >= 0.3 is 0 Å². The first-order valence-corrected chi connectivity index (χ1v) is 11.7. The second-order valence-electron chi connectivity index (χ2n) is 7.61. The van der Waals surface area contributed by atoms with Crippen molar-refractivity contribution in [3.8, 4) is 5.75 Å². The maximum absolute atomic E-state index is 13.2. The van der Waals surface area contributed by atoms with E-state index in [9.17, 15) is 27.2 Å². The Morgan fingerprint density at radius 3 is 2.63 bits per heavy atom. The zero-order valence-electron chi connectivity index (χ0n) is 17.3. The van der Waals surface area contributed by atoms with Gasteiger partial charge in [0.05, 0.1) is 0 Å². The first-order valence-electron chi connectivity index (χ1n) is 9.68. The highest BCUT2D eigenvalue weighted by Crippen LogP contribution is 2.19. The molecule has 2 rings (SSSR count).